The summed E-state index contributed by atoms with van der Waals surface area (Å²) in [6.45, 7) is 2.51. The molecule has 29 heavy (non-hydrogen) atoms. The molecule has 1 aliphatic heterocycles. The fourth-order valence-electron chi connectivity index (χ4n) is 2.45. The van der Waals surface area contributed by atoms with Gasteiger partial charge in [0.15, 0.2) is 0 Å². The van der Waals surface area contributed by atoms with Crippen LogP contribution in [0.25, 0.3) is 0 Å². The van der Waals surface area contributed by atoms with Crippen molar-refractivity contribution in [3.05, 3.63) is 53.6 Å². The minimum atomic E-state index is -0.181. The van der Waals surface area contributed by atoms with Gasteiger partial charge in [-0.25, -0.2) is 9.98 Å². The third-order valence-electron chi connectivity index (χ3n) is 3.71. The maximum Gasteiger partial charge on any atom is 0.232 e. The molecule has 0 fully saturated rings. The van der Waals surface area contributed by atoms with Crippen molar-refractivity contribution in [1.82, 2.24) is 5.32 Å². The summed E-state index contributed by atoms with van der Waals surface area (Å²) < 4.78 is 5.39. The molecule has 1 aliphatic rings. The summed E-state index contributed by atoms with van der Waals surface area (Å²) in [5, 5.41) is 3.29. The van der Waals surface area contributed by atoms with Crippen LogP contribution in [0.15, 0.2) is 68.4 Å². The number of rotatable bonds is 6. The summed E-state index contributed by atoms with van der Waals surface area (Å²) in [6, 6.07) is 14.6. The van der Waals surface area contributed by atoms with E-state index < -0.39 is 0 Å². The van der Waals surface area contributed by atoms with Crippen LogP contribution < -0.4 is 15.8 Å². The summed E-state index contributed by atoms with van der Waals surface area (Å²) in [6.07, 6.45) is 0.218. The molecule has 3 rings (SSSR count). The summed E-state index contributed by atoms with van der Waals surface area (Å²) in [5.74, 6) is 1.27. The number of benzene rings is 2. The molecule has 7 nitrogen and oxygen atoms in total. The number of halogens is 1. The largest absolute Gasteiger partial charge is 0.494 e. The number of thioether (sulfide) groups is 1. The van der Waals surface area contributed by atoms with E-state index in [0.717, 1.165) is 10.6 Å². The molecular weight excluding hydrogens is 410 g/mol. The Kier molecular flexibility index (Phi) is 7.26. The molecule has 0 radical (unpaired) electrons. The van der Waals surface area contributed by atoms with E-state index in [1.54, 1.807) is 36.0 Å². The highest BCUT2D eigenvalue weighted by Gasteiger charge is 2.17. The monoisotopic (exact) mass is 429 g/mol. The summed E-state index contributed by atoms with van der Waals surface area (Å²) in [7, 11) is 0. The van der Waals surface area contributed by atoms with Gasteiger partial charge in [0.05, 0.1) is 18.7 Å². The maximum atomic E-state index is 12.0. The van der Waals surface area contributed by atoms with Crippen molar-refractivity contribution in [3.63, 3.8) is 0 Å². The second kappa shape index (κ2) is 10.1. The number of amides is 1. The zero-order valence-electron chi connectivity index (χ0n) is 15.8. The van der Waals surface area contributed by atoms with Crippen LogP contribution in [0.5, 0.6) is 5.75 Å². The molecule has 0 bridgehead atoms. The van der Waals surface area contributed by atoms with Gasteiger partial charge in [0, 0.05) is 21.4 Å². The lowest BCUT2D eigenvalue weighted by molar-refractivity contribution is -0.118. The van der Waals surface area contributed by atoms with E-state index in [9.17, 15) is 4.79 Å². The molecule has 0 aromatic heterocycles. The van der Waals surface area contributed by atoms with E-state index in [4.69, 9.17) is 22.1 Å². The Morgan fingerprint density at radius 3 is 2.66 bits per heavy atom. The summed E-state index contributed by atoms with van der Waals surface area (Å²) in [4.78, 5) is 25.8. The van der Waals surface area contributed by atoms with Gasteiger partial charge in [-0.1, -0.05) is 11.6 Å². The first-order valence-corrected chi connectivity index (χ1v) is 10.3. The van der Waals surface area contributed by atoms with Gasteiger partial charge in [-0.15, -0.1) is 11.8 Å². The van der Waals surface area contributed by atoms with Crippen LogP contribution in [0.4, 0.5) is 5.69 Å². The molecule has 9 heteroatoms. The number of ether oxygens (including phenoxy) is 1. The predicted octanol–water partition coefficient (Wildman–Crippen LogP) is 3.79. The first-order chi connectivity index (χ1) is 14.0. The van der Waals surface area contributed by atoms with E-state index in [1.165, 1.54) is 0 Å². The molecule has 1 heterocycles. The van der Waals surface area contributed by atoms with Crippen molar-refractivity contribution in [3.8, 4) is 5.75 Å². The predicted molar refractivity (Wildman–Crippen MR) is 119 cm³/mol. The van der Waals surface area contributed by atoms with Crippen LogP contribution >= 0.6 is 23.4 Å². The fourth-order valence-corrected chi connectivity index (χ4v) is 3.41. The second-order valence-corrected chi connectivity index (χ2v) is 7.46. The number of carbonyl (C=O) groups excluding carboxylic acids is 1. The number of nitrogens with two attached hydrogens (primary N) is 1. The number of nitrogens with zero attached hydrogens (tertiary/aromatic N) is 3. The van der Waals surface area contributed by atoms with Crippen LogP contribution in [0, 0.1) is 0 Å². The van der Waals surface area contributed by atoms with Crippen LogP contribution in [0.3, 0.4) is 0 Å². The van der Waals surface area contributed by atoms with E-state index in [1.807, 2.05) is 31.2 Å². The standard InChI is InChI=1S/C20H20ClN5O2S/c1-2-28-16-7-5-14(6-8-16)23-19(22)26-20-24-15(11-18(27)25-20)12-29-17-9-3-13(21)4-10-17/h3-10H,2,11-12H2,1H3,(H3,22,23,25,26,27). The number of hydrogen-bond donors (Lipinski definition) is 2. The Bertz CT molecular complexity index is 956. The first-order valence-electron chi connectivity index (χ1n) is 8.92. The smallest absolute Gasteiger partial charge is 0.232 e. The molecule has 0 aliphatic carbocycles. The first kappa shape index (κ1) is 20.9. The van der Waals surface area contributed by atoms with Crippen LogP contribution in [0.1, 0.15) is 13.3 Å². The van der Waals surface area contributed by atoms with Crippen LogP contribution in [0.2, 0.25) is 5.02 Å². The van der Waals surface area contributed by atoms with Gasteiger partial charge in [-0.05, 0) is 55.5 Å². The molecule has 0 saturated carbocycles. The van der Waals surface area contributed by atoms with Crippen molar-refractivity contribution in [2.75, 3.05) is 12.4 Å². The van der Waals surface area contributed by atoms with Gasteiger partial charge in [0.25, 0.3) is 0 Å². The highest BCUT2D eigenvalue weighted by atomic mass is 35.5. The summed E-state index contributed by atoms with van der Waals surface area (Å²) in [5.41, 5.74) is 7.23. The Balaban J connectivity index is 1.68. The van der Waals surface area contributed by atoms with Crippen molar-refractivity contribution in [1.29, 1.82) is 0 Å². The quantitative estimate of drug-likeness (QED) is 0.414. The molecule has 2 aromatic rings. The molecule has 0 unspecified atom stereocenters. The highest BCUT2D eigenvalue weighted by Crippen LogP contribution is 2.21. The van der Waals surface area contributed by atoms with E-state index in [0.29, 0.717) is 28.8 Å². The number of aliphatic imine (C=N–C) groups is 3. The molecule has 0 saturated heterocycles. The van der Waals surface area contributed by atoms with E-state index >= 15 is 0 Å². The van der Waals surface area contributed by atoms with Crippen molar-refractivity contribution in [2.45, 2.75) is 18.2 Å². The molecule has 1 amide bonds. The lowest BCUT2D eigenvalue weighted by Crippen LogP contribution is -2.37. The summed E-state index contributed by atoms with van der Waals surface area (Å²) >= 11 is 7.46. The van der Waals surface area contributed by atoms with Gasteiger partial charge < -0.3 is 10.5 Å². The zero-order chi connectivity index (χ0) is 20.6. The molecule has 2 aromatic carbocycles. The number of nitrogens with one attached hydrogen (secondary N) is 1. The Hall–Kier alpha value is -2.84. The van der Waals surface area contributed by atoms with E-state index in [-0.39, 0.29) is 24.2 Å². The SMILES string of the molecule is CCOc1ccc(N=C(N)N=C2N=C(CSc3ccc(Cl)cc3)CC(=O)N2)cc1. The molecule has 0 spiro atoms. The third kappa shape index (κ3) is 6.62. The van der Waals surface area contributed by atoms with E-state index in [2.05, 4.69) is 20.3 Å². The number of guanidine groups is 2. The minimum absolute atomic E-state index is 0.000172. The topological polar surface area (TPSA) is 101 Å². The Morgan fingerprint density at radius 2 is 1.97 bits per heavy atom. The fraction of sp³-hybridized carbons (Fsp3) is 0.200. The maximum absolute atomic E-state index is 12.0. The lowest BCUT2D eigenvalue weighted by Gasteiger charge is -2.14. The molecule has 3 N–H and O–H groups in total. The van der Waals surface area contributed by atoms with Crippen molar-refractivity contribution < 1.29 is 9.53 Å². The second-order valence-electron chi connectivity index (χ2n) is 5.98. The molecular formula is C20H20ClN5O2S. The average Bonchev–Trinajstić information content (AvgIpc) is 2.69. The average molecular weight is 430 g/mol. The van der Waals surface area contributed by atoms with Gasteiger partial charge in [-0.2, -0.15) is 4.99 Å². The van der Waals surface area contributed by atoms with Crippen molar-refractivity contribution in [2.24, 2.45) is 20.7 Å². The van der Waals surface area contributed by atoms with Gasteiger partial charge in [0.1, 0.15) is 5.75 Å². The molecule has 150 valence electrons. The third-order valence-corrected chi connectivity index (χ3v) is 5.05. The normalized spacial score (nSPS) is 15.8. The van der Waals surface area contributed by atoms with Gasteiger partial charge in [0.2, 0.25) is 17.8 Å². The zero-order valence-corrected chi connectivity index (χ0v) is 17.3. The Morgan fingerprint density at radius 1 is 1.24 bits per heavy atom. The van der Waals surface area contributed by atoms with Crippen LogP contribution in [-0.4, -0.2) is 35.9 Å². The van der Waals surface area contributed by atoms with Crippen molar-refractivity contribution >= 4 is 52.6 Å². The lowest BCUT2D eigenvalue weighted by atomic mass is 10.2. The molecule has 0 atom stereocenters. The highest BCUT2D eigenvalue weighted by molar-refractivity contribution is 8.00. The number of hydrogen-bond acceptors (Lipinski definition) is 4. The van der Waals surface area contributed by atoms with Gasteiger partial charge >= 0.3 is 0 Å². The van der Waals surface area contributed by atoms with Crippen LogP contribution in [-0.2, 0) is 4.79 Å². The Labute approximate surface area is 178 Å². The minimum Gasteiger partial charge on any atom is -0.494 e. The number of carbonyl (C=O) groups is 1. The van der Waals surface area contributed by atoms with Gasteiger partial charge in [-0.3, -0.25) is 10.1 Å².